The largest absolute Gasteiger partial charge is 0.497 e. The monoisotopic (exact) mass is 551 g/mol. The molecule has 0 unspecified atom stereocenters. The number of carbonyl (C=O) groups excluding carboxylic acids is 1. The third kappa shape index (κ3) is 8.18. The van der Waals surface area contributed by atoms with Gasteiger partial charge in [0, 0.05) is 60.1 Å². The van der Waals surface area contributed by atoms with Gasteiger partial charge in [-0.2, -0.15) is 0 Å². The van der Waals surface area contributed by atoms with Crippen molar-refractivity contribution in [3.8, 4) is 5.75 Å². The molecular formula is C29H37N5O4S. The maximum Gasteiger partial charge on any atom is 0.411 e. The van der Waals surface area contributed by atoms with Crippen molar-refractivity contribution < 1.29 is 19.0 Å². The first kappa shape index (κ1) is 28.4. The van der Waals surface area contributed by atoms with Gasteiger partial charge in [0.25, 0.3) is 0 Å². The molecule has 0 saturated carbocycles. The summed E-state index contributed by atoms with van der Waals surface area (Å²) in [5.41, 5.74) is 4.80. The molecule has 4 rings (SSSR count). The summed E-state index contributed by atoms with van der Waals surface area (Å²) in [4.78, 5) is 25.4. The third-order valence-electron chi connectivity index (χ3n) is 6.35. The highest BCUT2D eigenvalue weighted by molar-refractivity contribution is 7.11. The molecule has 1 fully saturated rings. The molecule has 1 aliphatic heterocycles. The lowest BCUT2D eigenvalue weighted by molar-refractivity contribution is 0.122. The Balaban J connectivity index is 1.50. The summed E-state index contributed by atoms with van der Waals surface area (Å²) in [7, 11) is 1.60. The van der Waals surface area contributed by atoms with Crippen molar-refractivity contribution in [1.29, 1.82) is 0 Å². The van der Waals surface area contributed by atoms with Crippen LogP contribution in [-0.4, -0.2) is 56.1 Å². The number of ether oxygens (including phenoxy) is 3. The molecule has 208 valence electrons. The summed E-state index contributed by atoms with van der Waals surface area (Å²) in [6, 6.07) is 9.83. The normalized spacial score (nSPS) is 13.2. The molecule has 1 amide bonds. The number of pyridine rings is 1. The summed E-state index contributed by atoms with van der Waals surface area (Å²) in [6.45, 7) is 11.6. The molecule has 0 atom stereocenters. The average molecular weight is 552 g/mol. The van der Waals surface area contributed by atoms with E-state index in [1.807, 2.05) is 12.1 Å². The fraction of sp³-hybridized carbons (Fsp3) is 0.414. The van der Waals surface area contributed by atoms with E-state index in [1.165, 1.54) is 11.0 Å². The van der Waals surface area contributed by atoms with Crippen LogP contribution in [0.2, 0.25) is 0 Å². The molecule has 0 bridgehead atoms. The van der Waals surface area contributed by atoms with Gasteiger partial charge in [0.15, 0.2) is 0 Å². The summed E-state index contributed by atoms with van der Waals surface area (Å²) < 4.78 is 16.0. The van der Waals surface area contributed by atoms with Crippen LogP contribution in [0, 0.1) is 6.92 Å². The van der Waals surface area contributed by atoms with Gasteiger partial charge < -0.3 is 24.4 Å². The molecule has 9 nitrogen and oxygen atoms in total. The summed E-state index contributed by atoms with van der Waals surface area (Å²) >= 11 is 1.80. The molecule has 2 N–H and O–H groups in total. The standard InChI is InChI=1S/C29H37N5O4S/c1-5-11-38-29(35)33-23-14-21(15-25(17-23)36-4)19-30-27-18-24(34-9-12-37-13-10-34)16-22(32-27)7-8-28-31-20(3)26(6-2)39-28/h5,14-18H,1,6-13,19H2,2-4H3,(H,30,32)(H,33,35). The number of hydrogen-bond acceptors (Lipinski definition) is 9. The van der Waals surface area contributed by atoms with E-state index in [4.69, 9.17) is 24.2 Å². The zero-order valence-electron chi connectivity index (χ0n) is 22.9. The second-order valence-corrected chi connectivity index (χ2v) is 10.4. The first-order chi connectivity index (χ1) is 19.0. The van der Waals surface area contributed by atoms with Gasteiger partial charge in [0.1, 0.15) is 18.2 Å². The first-order valence-corrected chi connectivity index (χ1v) is 14.0. The van der Waals surface area contributed by atoms with Crippen LogP contribution in [0.5, 0.6) is 5.75 Å². The number of hydrogen-bond donors (Lipinski definition) is 2. The summed E-state index contributed by atoms with van der Waals surface area (Å²) in [6.07, 6.45) is 3.65. The van der Waals surface area contributed by atoms with E-state index in [1.54, 1.807) is 24.5 Å². The topological polar surface area (TPSA) is 97.8 Å². The lowest BCUT2D eigenvalue weighted by atomic mass is 10.1. The number of carbonyl (C=O) groups is 1. The van der Waals surface area contributed by atoms with Crippen molar-refractivity contribution in [2.45, 2.75) is 39.7 Å². The Morgan fingerprint density at radius 1 is 1.18 bits per heavy atom. The van der Waals surface area contributed by atoms with E-state index in [9.17, 15) is 4.79 Å². The number of nitrogens with zero attached hydrogens (tertiary/aromatic N) is 3. The maximum absolute atomic E-state index is 12.0. The number of amides is 1. The lowest BCUT2D eigenvalue weighted by Gasteiger charge is -2.29. The number of benzene rings is 1. The molecule has 3 heterocycles. The van der Waals surface area contributed by atoms with E-state index >= 15 is 0 Å². The molecule has 0 aliphatic carbocycles. The van der Waals surface area contributed by atoms with Crippen molar-refractivity contribution >= 4 is 34.6 Å². The summed E-state index contributed by atoms with van der Waals surface area (Å²) in [5.74, 6) is 1.43. The van der Waals surface area contributed by atoms with Crippen molar-refractivity contribution in [2.24, 2.45) is 0 Å². The predicted molar refractivity (Wildman–Crippen MR) is 156 cm³/mol. The number of morpholine rings is 1. The van der Waals surface area contributed by atoms with Crippen molar-refractivity contribution in [3.63, 3.8) is 0 Å². The van der Waals surface area contributed by atoms with Crippen molar-refractivity contribution in [3.05, 3.63) is 69.8 Å². The molecule has 39 heavy (non-hydrogen) atoms. The maximum atomic E-state index is 12.0. The molecule has 0 radical (unpaired) electrons. The van der Waals surface area contributed by atoms with Gasteiger partial charge in [0.05, 0.1) is 31.0 Å². The fourth-order valence-corrected chi connectivity index (χ4v) is 5.40. The molecular weight excluding hydrogens is 514 g/mol. The Labute approximate surface area is 234 Å². The highest BCUT2D eigenvalue weighted by Gasteiger charge is 2.15. The van der Waals surface area contributed by atoms with Crippen LogP contribution in [0.4, 0.5) is 22.0 Å². The van der Waals surface area contributed by atoms with Gasteiger partial charge in [-0.1, -0.05) is 19.6 Å². The van der Waals surface area contributed by atoms with Crippen LogP contribution in [0.15, 0.2) is 43.0 Å². The van der Waals surface area contributed by atoms with E-state index in [-0.39, 0.29) is 6.61 Å². The van der Waals surface area contributed by atoms with Gasteiger partial charge in [-0.15, -0.1) is 11.3 Å². The number of aromatic nitrogens is 2. The van der Waals surface area contributed by atoms with Crippen molar-refractivity contribution in [1.82, 2.24) is 9.97 Å². The van der Waals surface area contributed by atoms with Crippen molar-refractivity contribution in [2.75, 3.05) is 55.6 Å². The Bertz CT molecular complexity index is 1270. The molecule has 2 aromatic heterocycles. The van der Waals surface area contributed by atoms with Crippen LogP contribution in [0.3, 0.4) is 0 Å². The quantitative estimate of drug-likeness (QED) is 0.289. The SMILES string of the molecule is C=CCOC(=O)Nc1cc(CNc2cc(N3CCOCC3)cc(CCc3nc(C)c(CC)s3)n2)cc(OC)c1. The van der Waals surface area contributed by atoms with Gasteiger partial charge >= 0.3 is 6.09 Å². The number of rotatable bonds is 12. The minimum Gasteiger partial charge on any atom is -0.497 e. The molecule has 10 heteroatoms. The lowest BCUT2D eigenvalue weighted by Crippen LogP contribution is -2.36. The van der Waals surface area contributed by atoms with Gasteiger partial charge in [-0.05, 0) is 43.5 Å². The van der Waals surface area contributed by atoms with E-state index in [2.05, 4.69) is 48.1 Å². The van der Waals surface area contributed by atoms with Gasteiger partial charge in [0.2, 0.25) is 0 Å². The van der Waals surface area contributed by atoms with E-state index < -0.39 is 6.09 Å². The van der Waals surface area contributed by atoms with Crippen LogP contribution in [0.1, 0.15) is 33.8 Å². The zero-order valence-corrected chi connectivity index (χ0v) is 23.7. The highest BCUT2D eigenvalue weighted by Crippen LogP contribution is 2.26. The molecule has 0 spiro atoms. The van der Waals surface area contributed by atoms with Gasteiger partial charge in [-0.25, -0.2) is 14.8 Å². The van der Waals surface area contributed by atoms with E-state index in [0.29, 0.717) is 31.2 Å². The highest BCUT2D eigenvalue weighted by atomic mass is 32.1. The Morgan fingerprint density at radius 2 is 2.00 bits per heavy atom. The fourth-order valence-electron chi connectivity index (χ4n) is 4.39. The average Bonchev–Trinajstić information content (AvgIpc) is 3.33. The third-order valence-corrected chi connectivity index (χ3v) is 7.71. The minimum absolute atomic E-state index is 0.139. The Morgan fingerprint density at radius 3 is 2.72 bits per heavy atom. The number of methoxy groups -OCH3 is 1. The molecule has 1 aromatic carbocycles. The molecule has 1 saturated heterocycles. The Hall–Kier alpha value is -3.63. The number of nitrogens with one attached hydrogen (secondary N) is 2. The van der Waals surface area contributed by atoms with Crippen LogP contribution in [-0.2, 0) is 35.3 Å². The second kappa shape index (κ2) is 14.0. The van der Waals surface area contributed by atoms with Crippen LogP contribution < -0.4 is 20.3 Å². The molecule has 1 aliphatic rings. The first-order valence-electron chi connectivity index (χ1n) is 13.2. The van der Waals surface area contributed by atoms with E-state index in [0.717, 1.165) is 65.8 Å². The smallest absolute Gasteiger partial charge is 0.411 e. The zero-order chi connectivity index (χ0) is 27.6. The second-order valence-electron chi connectivity index (χ2n) is 9.21. The van der Waals surface area contributed by atoms with Gasteiger partial charge in [-0.3, -0.25) is 5.32 Å². The predicted octanol–water partition coefficient (Wildman–Crippen LogP) is 5.39. The molecule has 3 aromatic rings. The number of thiazole rings is 1. The number of aryl methyl sites for hydroxylation is 4. The number of anilines is 3. The van der Waals surface area contributed by atoms with Crippen LogP contribution >= 0.6 is 11.3 Å². The van der Waals surface area contributed by atoms with Crippen LogP contribution in [0.25, 0.3) is 0 Å². The Kier molecular flexibility index (Phi) is 10.2. The minimum atomic E-state index is -0.548. The summed E-state index contributed by atoms with van der Waals surface area (Å²) in [5, 5.41) is 7.36.